The Kier molecular flexibility index (Phi) is 3.57. The molecule has 4 aliphatic rings. The summed E-state index contributed by atoms with van der Waals surface area (Å²) in [4.78, 5) is 0. The third-order valence-electron chi connectivity index (χ3n) is 7.42. The first-order chi connectivity index (χ1) is 11.7. The molecule has 10 heteroatoms. The van der Waals surface area contributed by atoms with Gasteiger partial charge < -0.3 is 30.3 Å². The molecule has 2 saturated carbocycles. The van der Waals surface area contributed by atoms with Crippen LogP contribution in [0.3, 0.4) is 0 Å². The van der Waals surface area contributed by atoms with E-state index in [1.54, 1.807) is 13.8 Å². The van der Waals surface area contributed by atoms with Crippen molar-refractivity contribution in [2.75, 3.05) is 11.5 Å². The van der Waals surface area contributed by atoms with E-state index >= 15 is 0 Å². The van der Waals surface area contributed by atoms with E-state index in [9.17, 15) is 34.0 Å². The maximum atomic E-state index is 12.7. The highest BCUT2D eigenvalue weighted by Crippen LogP contribution is 2.79. The van der Waals surface area contributed by atoms with Gasteiger partial charge in [0.15, 0.2) is 11.2 Å². The summed E-state index contributed by atoms with van der Waals surface area (Å²) in [6.45, 7) is 6.06. The van der Waals surface area contributed by atoms with E-state index < -0.39 is 71.8 Å². The Hall–Kier alpha value is 0.0600. The molecule has 0 bridgehead atoms. The molecule has 150 valence electrons. The van der Waals surface area contributed by atoms with Crippen molar-refractivity contribution in [3.8, 4) is 0 Å². The molecule has 0 spiro atoms. The molecule has 4 fully saturated rings. The van der Waals surface area contributed by atoms with Gasteiger partial charge in [-0.1, -0.05) is 27.7 Å². The largest absolute Gasteiger partial charge is 0.389 e. The van der Waals surface area contributed by atoms with E-state index in [1.165, 1.54) is 13.8 Å². The van der Waals surface area contributed by atoms with E-state index in [1.807, 2.05) is 0 Å². The lowest BCUT2D eigenvalue weighted by molar-refractivity contribution is -0.225. The zero-order valence-electron chi connectivity index (χ0n) is 15.1. The lowest BCUT2D eigenvalue weighted by atomic mass is 9.80. The summed E-state index contributed by atoms with van der Waals surface area (Å²) < 4.78 is 29.6. The summed E-state index contributed by atoms with van der Waals surface area (Å²) in [7, 11) is -3.53. The summed E-state index contributed by atoms with van der Waals surface area (Å²) in [5.41, 5.74) is -9.14. The van der Waals surface area contributed by atoms with Gasteiger partial charge in [-0.2, -0.15) is 0 Å². The van der Waals surface area contributed by atoms with Crippen LogP contribution in [0.1, 0.15) is 34.1 Å². The van der Waals surface area contributed by atoms with Crippen LogP contribution in [-0.2, 0) is 26.3 Å². The van der Waals surface area contributed by atoms with Gasteiger partial charge in [0.05, 0.1) is 11.5 Å². The summed E-state index contributed by atoms with van der Waals surface area (Å²) in [5.74, 6) is -1.84. The van der Waals surface area contributed by atoms with Crippen LogP contribution in [0.15, 0.2) is 0 Å². The van der Waals surface area contributed by atoms with E-state index in [0.717, 1.165) is 0 Å². The number of ether oxygens (including phenoxy) is 1. The van der Waals surface area contributed by atoms with Crippen molar-refractivity contribution in [1.29, 1.82) is 0 Å². The smallest absolute Gasteiger partial charge is 0.207 e. The highest BCUT2D eigenvalue weighted by molar-refractivity contribution is 8.03. The number of fused-ring (bicyclic) bond motifs is 1. The molecular formula is C16H26O8S2. The maximum absolute atomic E-state index is 12.7. The fraction of sp³-hybridized carbons (Fsp3) is 1.00. The van der Waals surface area contributed by atoms with Crippen molar-refractivity contribution in [1.82, 2.24) is 0 Å². The SMILES string of the molecule is CC1(C)C(O)[C@@]1(O)[C@H]1O[C@@]2(O)C(C)(C)[C@@]2(O)[C@@]1(O)C1S(=O)CCCS1=O. The summed E-state index contributed by atoms with van der Waals surface area (Å²) >= 11 is 0. The molecule has 8 atom stereocenters. The topological polar surface area (TPSA) is 145 Å². The first kappa shape index (κ1) is 19.4. The standard InChI is InChI=1S/C16H26O8S2/c1-11(2)8(17)13(11,18)9-14(19,10-25(22)6-5-7-26(10)23)15(20)12(3,4)16(15,21)24-9/h8-10,17-21H,5-7H2,1-4H3/t8?,9-,10?,13-,14+,15-,16+,25?,26?/m1/s1. The van der Waals surface area contributed by atoms with Gasteiger partial charge in [-0.3, -0.25) is 8.42 Å². The number of aliphatic hydroxyl groups excluding tert-OH is 1. The van der Waals surface area contributed by atoms with Crippen molar-refractivity contribution in [3.63, 3.8) is 0 Å². The molecule has 5 N–H and O–H groups in total. The van der Waals surface area contributed by atoms with Crippen LogP contribution >= 0.6 is 0 Å². The zero-order chi connectivity index (χ0) is 19.7. The second-order valence-electron chi connectivity index (χ2n) is 9.11. The van der Waals surface area contributed by atoms with Gasteiger partial charge in [-0.05, 0) is 6.42 Å². The third-order valence-corrected chi connectivity index (χ3v) is 11.8. The Morgan fingerprint density at radius 1 is 0.923 bits per heavy atom. The summed E-state index contributed by atoms with van der Waals surface area (Å²) in [5, 5.41) is 55.2. The van der Waals surface area contributed by atoms with Crippen LogP contribution in [0.2, 0.25) is 0 Å². The first-order valence-corrected chi connectivity index (χ1v) is 11.4. The van der Waals surface area contributed by atoms with Gasteiger partial charge >= 0.3 is 0 Å². The van der Waals surface area contributed by atoms with Crippen molar-refractivity contribution in [2.24, 2.45) is 10.8 Å². The molecular weight excluding hydrogens is 384 g/mol. The number of aliphatic hydroxyl groups is 5. The number of hydrogen-bond acceptors (Lipinski definition) is 8. The number of rotatable bonds is 2. The molecule has 2 heterocycles. The quantitative estimate of drug-likeness (QED) is 0.349. The van der Waals surface area contributed by atoms with E-state index in [2.05, 4.69) is 0 Å². The van der Waals surface area contributed by atoms with Crippen LogP contribution in [0.5, 0.6) is 0 Å². The second kappa shape index (κ2) is 4.79. The third kappa shape index (κ3) is 1.58. The lowest BCUT2D eigenvalue weighted by Gasteiger charge is -2.45. The van der Waals surface area contributed by atoms with E-state index in [0.29, 0.717) is 6.42 Å². The lowest BCUT2D eigenvalue weighted by Crippen LogP contribution is -2.68. The average molecular weight is 411 g/mol. The predicted molar refractivity (Wildman–Crippen MR) is 92.7 cm³/mol. The van der Waals surface area contributed by atoms with Gasteiger partial charge in [-0.15, -0.1) is 0 Å². The monoisotopic (exact) mass is 410 g/mol. The molecule has 0 amide bonds. The van der Waals surface area contributed by atoms with E-state index in [-0.39, 0.29) is 11.5 Å². The fourth-order valence-corrected chi connectivity index (χ4v) is 9.66. The Balaban J connectivity index is 1.90. The first-order valence-electron chi connectivity index (χ1n) is 8.67. The van der Waals surface area contributed by atoms with Gasteiger partial charge in [0.1, 0.15) is 16.3 Å². The second-order valence-corrected chi connectivity index (χ2v) is 12.7. The van der Waals surface area contributed by atoms with Crippen LogP contribution in [0.4, 0.5) is 0 Å². The van der Waals surface area contributed by atoms with Crippen LogP contribution in [0.25, 0.3) is 0 Å². The normalized spacial score (nSPS) is 62.6. The molecule has 8 nitrogen and oxygen atoms in total. The minimum Gasteiger partial charge on any atom is -0.389 e. The molecule has 0 aromatic rings. The van der Waals surface area contributed by atoms with Crippen molar-refractivity contribution >= 4 is 21.6 Å². The minimum absolute atomic E-state index is 0.185. The molecule has 0 radical (unpaired) electrons. The molecule has 26 heavy (non-hydrogen) atoms. The molecule has 2 aliphatic heterocycles. The van der Waals surface area contributed by atoms with Gasteiger partial charge in [0, 0.05) is 38.5 Å². The highest BCUT2D eigenvalue weighted by atomic mass is 32.2. The predicted octanol–water partition coefficient (Wildman–Crippen LogP) is -2.07. The molecule has 2 aliphatic carbocycles. The molecule has 0 aromatic carbocycles. The molecule has 0 aromatic heterocycles. The van der Waals surface area contributed by atoms with Gasteiger partial charge in [-0.25, -0.2) is 0 Å². The minimum atomic E-state index is -2.45. The Bertz CT molecular complexity index is 724. The van der Waals surface area contributed by atoms with Crippen molar-refractivity contribution < 1.29 is 38.7 Å². The molecule has 2 saturated heterocycles. The Morgan fingerprint density at radius 2 is 1.38 bits per heavy atom. The zero-order valence-corrected chi connectivity index (χ0v) is 16.8. The van der Waals surface area contributed by atoms with Crippen LogP contribution in [-0.4, -0.2) is 84.8 Å². The van der Waals surface area contributed by atoms with Gasteiger partial charge in [0.2, 0.25) is 5.79 Å². The Labute approximate surface area is 156 Å². The van der Waals surface area contributed by atoms with E-state index in [4.69, 9.17) is 4.74 Å². The summed E-state index contributed by atoms with van der Waals surface area (Å²) in [6, 6.07) is 0. The average Bonchev–Trinajstić information content (AvgIpc) is 3.02. The fourth-order valence-electron chi connectivity index (χ4n) is 5.27. The molecule has 4 rings (SSSR count). The summed E-state index contributed by atoms with van der Waals surface area (Å²) in [6.07, 6.45) is -2.48. The van der Waals surface area contributed by atoms with Crippen molar-refractivity contribution in [3.05, 3.63) is 0 Å². The maximum Gasteiger partial charge on any atom is 0.207 e. The van der Waals surface area contributed by atoms with Crippen LogP contribution in [0, 0.1) is 10.8 Å². The molecule has 3 unspecified atom stereocenters. The number of hydrogen-bond donors (Lipinski definition) is 5. The highest BCUT2D eigenvalue weighted by Gasteiger charge is 3.01. The Morgan fingerprint density at radius 3 is 1.81 bits per heavy atom. The van der Waals surface area contributed by atoms with Crippen molar-refractivity contribution in [2.45, 2.75) is 73.5 Å². The van der Waals surface area contributed by atoms with Gasteiger partial charge in [0.25, 0.3) is 0 Å². The van der Waals surface area contributed by atoms with Crippen LogP contribution < -0.4 is 0 Å².